The van der Waals surface area contributed by atoms with Crippen molar-refractivity contribution in [2.24, 2.45) is 7.05 Å². The highest BCUT2D eigenvalue weighted by molar-refractivity contribution is 7.89. The van der Waals surface area contributed by atoms with E-state index >= 15 is 0 Å². The van der Waals surface area contributed by atoms with Gasteiger partial charge in [0.15, 0.2) is 0 Å². The molecule has 2 aromatic rings. The zero-order valence-corrected chi connectivity index (χ0v) is 14.3. The molecule has 7 heteroatoms. The van der Waals surface area contributed by atoms with Crippen molar-refractivity contribution in [3.63, 3.8) is 0 Å². The summed E-state index contributed by atoms with van der Waals surface area (Å²) in [5.41, 5.74) is 0.999. The molecule has 1 fully saturated rings. The molecule has 124 valence electrons. The quantitative estimate of drug-likeness (QED) is 0.878. The van der Waals surface area contributed by atoms with Gasteiger partial charge in [0, 0.05) is 13.0 Å². The first-order chi connectivity index (χ1) is 11.0. The molecular weight excluding hydrogens is 312 g/mol. The Morgan fingerprint density at radius 3 is 2.74 bits per heavy atom. The Bertz CT molecular complexity index is 794. The third-order valence-corrected chi connectivity index (χ3v) is 5.91. The lowest BCUT2D eigenvalue weighted by atomic mass is 9.85. The first-order valence-electron chi connectivity index (χ1n) is 7.98. The maximum Gasteiger partial charge on any atom is 0.240 e. The number of nitrogens with zero attached hydrogens (tertiary/aromatic N) is 3. The van der Waals surface area contributed by atoms with Crippen molar-refractivity contribution in [2.45, 2.75) is 50.0 Å². The van der Waals surface area contributed by atoms with Gasteiger partial charge in [0.25, 0.3) is 0 Å². The minimum atomic E-state index is -3.54. The van der Waals surface area contributed by atoms with Crippen LogP contribution in [0.15, 0.2) is 29.2 Å². The Hall–Kier alpha value is -1.73. The van der Waals surface area contributed by atoms with Gasteiger partial charge in [0.2, 0.25) is 10.0 Å². The first-order valence-corrected chi connectivity index (χ1v) is 9.46. The van der Waals surface area contributed by atoms with Gasteiger partial charge in [0.1, 0.15) is 11.6 Å². The largest absolute Gasteiger partial charge is 0.317 e. The molecule has 1 aliphatic rings. The number of aryl methyl sites for hydroxylation is 1. The Kier molecular flexibility index (Phi) is 4.50. The average Bonchev–Trinajstić information content (AvgIpc) is 2.85. The van der Waals surface area contributed by atoms with Crippen LogP contribution in [0.2, 0.25) is 0 Å². The number of nitrogens with one attached hydrogen (secondary N) is 1. The third-order valence-electron chi connectivity index (χ3n) is 4.51. The monoisotopic (exact) mass is 334 g/mol. The minimum Gasteiger partial charge on any atom is -0.317 e. The van der Waals surface area contributed by atoms with Gasteiger partial charge in [-0.25, -0.2) is 13.1 Å². The second kappa shape index (κ2) is 6.41. The average molecular weight is 334 g/mol. The summed E-state index contributed by atoms with van der Waals surface area (Å²) in [7, 11) is -1.64. The SMILES string of the molecule is CCc1cccc(S(=O)(=O)NCc2nnc(C3CCC3)n2C)c1. The van der Waals surface area contributed by atoms with Crippen molar-refractivity contribution < 1.29 is 8.42 Å². The van der Waals surface area contributed by atoms with Crippen LogP contribution in [0.4, 0.5) is 0 Å². The zero-order valence-electron chi connectivity index (χ0n) is 13.5. The summed E-state index contributed by atoms with van der Waals surface area (Å²) < 4.78 is 29.4. The topological polar surface area (TPSA) is 76.9 Å². The van der Waals surface area contributed by atoms with Crippen molar-refractivity contribution >= 4 is 10.0 Å². The fourth-order valence-corrected chi connectivity index (χ4v) is 3.78. The zero-order chi connectivity index (χ0) is 16.4. The molecule has 6 nitrogen and oxygen atoms in total. The Balaban J connectivity index is 1.73. The molecule has 23 heavy (non-hydrogen) atoms. The Morgan fingerprint density at radius 1 is 1.30 bits per heavy atom. The maximum absolute atomic E-state index is 12.4. The van der Waals surface area contributed by atoms with Gasteiger partial charge >= 0.3 is 0 Å². The van der Waals surface area contributed by atoms with Crippen LogP contribution in [0.3, 0.4) is 0 Å². The smallest absolute Gasteiger partial charge is 0.240 e. The fourth-order valence-electron chi connectivity index (χ4n) is 2.73. The van der Waals surface area contributed by atoms with E-state index in [0.29, 0.717) is 16.6 Å². The second-order valence-corrected chi connectivity index (χ2v) is 7.75. The fraction of sp³-hybridized carbons (Fsp3) is 0.500. The van der Waals surface area contributed by atoms with E-state index in [4.69, 9.17) is 0 Å². The van der Waals surface area contributed by atoms with Crippen molar-refractivity contribution in [1.29, 1.82) is 0 Å². The highest BCUT2D eigenvalue weighted by atomic mass is 32.2. The van der Waals surface area contributed by atoms with E-state index in [-0.39, 0.29) is 6.54 Å². The molecule has 0 atom stereocenters. The van der Waals surface area contributed by atoms with Crippen LogP contribution in [0.25, 0.3) is 0 Å². The number of rotatable bonds is 6. The summed E-state index contributed by atoms with van der Waals surface area (Å²) in [5, 5.41) is 8.35. The molecule has 0 spiro atoms. The Labute approximate surface area is 137 Å². The molecule has 1 aromatic carbocycles. The second-order valence-electron chi connectivity index (χ2n) is 5.99. The van der Waals surface area contributed by atoms with Crippen LogP contribution in [0.5, 0.6) is 0 Å². The van der Waals surface area contributed by atoms with Crippen LogP contribution in [0.1, 0.15) is 49.3 Å². The number of aromatic nitrogens is 3. The Morgan fingerprint density at radius 2 is 2.09 bits per heavy atom. The van der Waals surface area contributed by atoms with Crippen molar-refractivity contribution in [2.75, 3.05) is 0 Å². The van der Waals surface area contributed by atoms with E-state index in [2.05, 4.69) is 14.9 Å². The molecular formula is C16H22N4O2S. The van der Waals surface area contributed by atoms with Gasteiger partial charge in [0.05, 0.1) is 11.4 Å². The van der Waals surface area contributed by atoms with Gasteiger partial charge < -0.3 is 4.57 Å². The van der Waals surface area contributed by atoms with Crippen LogP contribution >= 0.6 is 0 Å². The highest BCUT2D eigenvalue weighted by Crippen LogP contribution is 2.35. The van der Waals surface area contributed by atoms with E-state index in [9.17, 15) is 8.42 Å². The summed E-state index contributed by atoms with van der Waals surface area (Å²) in [4.78, 5) is 0.290. The van der Waals surface area contributed by atoms with Gasteiger partial charge in [-0.15, -0.1) is 10.2 Å². The molecule has 0 bridgehead atoms. The van der Waals surface area contributed by atoms with Gasteiger partial charge in [-0.05, 0) is 37.0 Å². The van der Waals surface area contributed by atoms with E-state index in [0.717, 1.165) is 30.7 Å². The normalized spacial score (nSPS) is 15.6. The molecule has 0 amide bonds. The predicted molar refractivity (Wildman–Crippen MR) is 87.4 cm³/mol. The molecule has 1 N–H and O–H groups in total. The number of hydrogen-bond donors (Lipinski definition) is 1. The summed E-state index contributed by atoms with van der Waals surface area (Å²) in [5.74, 6) is 2.07. The predicted octanol–water partition coefficient (Wildman–Crippen LogP) is 2.12. The van der Waals surface area contributed by atoms with E-state index < -0.39 is 10.0 Å². The van der Waals surface area contributed by atoms with Crippen molar-refractivity contribution in [3.8, 4) is 0 Å². The summed E-state index contributed by atoms with van der Waals surface area (Å²) in [6, 6.07) is 7.01. The molecule has 1 aliphatic carbocycles. The highest BCUT2D eigenvalue weighted by Gasteiger charge is 2.25. The minimum absolute atomic E-state index is 0.148. The molecule has 0 aliphatic heterocycles. The summed E-state index contributed by atoms with van der Waals surface area (Å²) in [6.45, 7) is 2.15. The standard InChI is InChI=1S/C16H22N4O2S/c1-3-12-6-4-9-14(10-12)23(21,22)17-11-15-18-19-16(20(15)2)13-7-5-8-13/h4,6,9-10,13,17H,3,5,7-8,11H2,1-2H3. The third kappa shape index (κ3) is 3.30. The van der Waals surface area contributed by atoms with Gasteiger partial charge in [-0.3, -0.25) is 0 Å². The molecule has 1 saturated carbocycles. The van der Waals surface area contributed by atoms with Gasteiger partial charge in [-0.1, -0.05) is 25.5 Å². The van der Waals surface area contributed by atoms with E-state index in [1.54, 1.807) is 18.2 Å². The molecule has 3 rings (SSSR count). The van der Waals surface area contributed by atoms with Crippen LogP contribution < -0.4 is 4.72 Å². The van der Waals surface area contributed by atoms with E-state index in [1.807, 2.05) is 24.6 Å². The summed E-state index contributed by atoms with van der Waals surface area (Å²) in [6.07, 6.45) is 4.31. The molecule has 0 saturated heterocycles. The number of sulfonamides is 1. The van der Waals surface area contributed by atoms with Crippen molar-refractivity contribution in [1.82, 2.24) is 19.5 Å². The van der Waals surface area contributed by atoms with E-state index in [1.165, 1.54) is 6.42 Å². The van der Waals surface area contributed by atoms with Crippen LogP contribution in [-0.2, 0) is 30.0 Å². The molecule has 1 heterocycles. The molecule has 1 aromatic heterocycles. The lowest BCUT2D eigenvalue weighted by Gasteiger charge is -2.24. The number of benzene rings is 1. The molecule has 0 unspecified atom stereocenters. The lowest BCUT2D eigenvalue weighted by Crippen LogP contribution is -2.25. The molecule has 0 radical (unpaired) electrons. The maximum atomic E-state index is 12.4. The van der Waals surface area contributed by atoms with Crippen LogP contribution in [-0.4, -0.2) is 23.2 Å². The summed E-state index contributed by atoms with van der Waals surface area (Å²) >= 11 is 0. The van der Waals surface area contributed by atoms with Crippen LogP contribution in [0, 0.1) is 0 Å². The van der Waals surface area contributed by atoms with Gasteiger partial charge in [-0.2, -0.15) is 0 Å². The number of hydrogen-bond acceptors (Lipinski definition) is 4. The van der Waals surface area contributed by atoms with Crippen molar-refractivity contribution in [3.05, 3.63) is 41.5 Å². The first kappa shape index (κ1) is 16.1. The lowest BCUT2D eigenvalue weighted by molar-refractivity contribution is 0.391.